The number of rotatable bonds is 6. The van der Waals surface area contributed by atoms with Crippen molar-refractivity contribution in [3.8, 4) is 0 Å². The second kappa shape index (κ2) is 15.8. The molecule has 2 rings (SSSR count). The van der Waals surface area contributed by atoms with Gasteiger partial charge in [-0.15, -0.1) is 6.04 Å². The van der Waals surface area contributed by atoms with Crippen LogP contribution in [-0.4, -0.2) is 29.5 Å². The number of nitrogens with zero attached hydrogens (tertiary/aromatic N) is 1. The summed E-state index contributed by atoms with van der Waals surface area (Å²) in [5, 5.41) is 9.38. The molecule has 1 amide bonds. The topological polar surface area (TPSA) is 40.5 Å². The first kappa shape index (κ1) is 26.8. The van der Waals surface area contributed by atoms with E-state index in [9.17, 15) is 9.90 Å². The Morgan fingerprint density at radius 3 is 2.67 bits per heavy atom. The van der Waals surface area contributed by atoms with E-state index in [0.29, 0.717) is 0 Å². The molecule has 1 unspecified atom stereocenters. The normalized spacial score (nSPS) is 16.1. The first-order valence-corrected chi connectivity index (χ1v) is 7.74. The Morgan fingerprint density at radius 2 is 2.08 bits per heavy atom. The number of allylic oxidation sites excluding steroid dienone is 1. The number of hydrogen-bond acceptors (Lipinski definition) is 2. The molecule has 3 nitrogen and oxygen atoms in total. The second-order valence-corrected chi connectivity index (χ2v) is 5.46. The SMILES string of the molecule is OC1CCc2ccccc21.[CH2-]CCC=CC[C@@H]([CH2-])N(C)[C-]=O.[U+2].[Y]. The summed E-state index contributed by atoms with van der Waals surface area (Å²) < 4.78 is 0. The van der Waals surface area contributed by atoms with Gasteiger partial charge in [-0.05, 0) is 37.4 Å². The number of aryl methyl sites for hydroxylation is 1. The minimum absolute atomic E-state index is 0. The number of hydrogen-bond donors (Lipinski definition) is 1. The molecular formula is C19H26NO2UY-. The fourth-order valence-corrected chi connectivity index (χ4v) is 2.26. The minimum atomic E-state index is -0.198. The number of aliphatic hydroxyl groups excluding tert-OH is 1. The van der Waals surface area contributed by atoms with Crippen molar-refractivity contribution in [1.82, 2.24) is 4.90 Å². The standard InChI is InChI=1S/C10H16NO.C9H10O.U.Y/c1-4-5-6-7-8-10(2)11(3)9-12;10-9-6-5-7-3-1-2-4-8(7)9;;/h6-7,10H,1-2,4-5,8H2,3H3;1-4,9-10H,5-6H2;;/q-3;;+2;/t10-;;;/m1.../s1. The van der Waals surface area contributed by atoms with E-state index in [1.165, 1.54) is 10.5 Å². The Kier molecular flexibility index (Phi) is 17.6. The van der Waals surface area contributed by atoms with Crippen LogP contribution in [0, 0.1) is 45.0 Å². The van der Waals surface area contributed by atoms with Gasteiger partial charge >= 0.3 is 31.1 Å². The molecule has 1 aromatic carbocycles. The van der Waals surface area contributed by atoms with E-state index in [2.05, 4.69) is 26.0 Å². The van der Waals surface area contributed by atoms with Gasteiger partial charge in [0, 0.05) is 32.7 Å². The zero-order valence-electron chi connectivity index (χ0n) is 14.4. The monoisotopic (exact) mass is 627 g/mol. The van der Waals surface area contributed by atoms with E-state index in [4.69, 9.17) is 0 Å². The van der Waals surface area contributed by atoms with Gasteiger partial charge in [0.15, 0.2) is 0 Å². The van der Waals surface area contributed by atoms with Gasteiger partial charge in [0.2, 0.25) is 0 Å². The molecular weight excluding hydrogens is 601 g/mol. The van der Waals surface area contributed by atoms with Crippen LogP contribution in [0.15, 0.2) is 36.4 Å². The molecule has 0 spiro atoms. The maximum absolute atomic E-state index is 10.2. The summed E-state index contributed by atoms with van der Waals surface area (Å²) in [5.74, 6) is 0. The third-order valence-electron chi connectivity index (χ3n) is 3.74. The number of amides is 1. The molecule has 24 heavy (non-hydrogen) atoms. The molecule has 0 bridgehead atoms. The van der Waals surface area contributed by atoms with Crippen LogP contribution in [0.3, 0.4) is 0 Å². The summed E-state index contributed by atoms with van der Waals surface area (Å²) in [6, 6.07) is 8.09. The predicted molar refractivity (Wildman–Crippen MR) is 90.7 cm³/mol. The molecule has 0 aliphatic heterocycles. The van der Waals surface area contributed by atoms with Crippen LogP contribution in [0.4, 0.5) is 0 Å². The summed E-state index contributed by atoms with van der Waals surface area (Å²) in [5.41, 5.74) is 2.44. The van der Waals surface area contributed by atoms with E-state index in [0.717, 1.165) is 37.7 Å². The number of benzene rings is 1. The summed E-state index contributed by atoms with van der Waals surface area (Å²) in [7, 11) is 1.68. The van der Waals surface area contributed by atoms with Crippen molar-refractivity contribution in [2.45, 2.75) is 44.2 Å². The van der Waals surface area contributed by atoms with Gasteiger partial charge in [-0.2, -0.15) is 12.8 Å². The average Bonchev–Trinajstić information content (AvgIpc) is 2.93. The van der Waals surface area contributed by atoms with Crippen LogP contribution in [0.2, 0.25) is 0 Å². The third kappa shape index (κ3) is 9.88. The van der Waals surface area contributed by atoms with Crippen LogP contribution < -0.4 is 0 Å². The Balaban J connectivity index is 0. The zero-order chi connectivity index (χ0) is 16.4. The van der Waals surface area contributed by atoms with Gasteiger partial charge in [0.25, 0.3) is 0 Å². The summed E-state index contributed by atoms with van der Waals surface area (Å²) in [6.07, 6.45) is 10.3. The number of aliphatic hydroxyl groups is 1. The molecule has 2 atom stereocenters. The molecule has 0 aromatic heterocycles. The van der Waals surface area contributed by atoms with Gasteiger partial charge in [-0.25, -0.2) is 0 Å². The Bertz CT molecular complexity index is 482. The quantitative estimate of drug-likeness (QED) is 0.299. The Labute approximate surface area is 195 Å². The van der Waals surface area contributed by atoms with Crippen molar-refractivity contribution >= 4 is 6.41 Å². The maximum Gasteiger partial charge on any atom is 2.00 e. The third-order valence-corrected chi connectivity index (χ3v) is 3.74. The molecule has 0 fully saturated rings. The van der Waals surface area contributed by atoms with Crippen molar-refractivity contribution in [3.63, 3.8) is 0 Å². The van der Waals surface area contributed by atoms with Crippen molar-refractivity contribution in [1.29, 1.82) is 0 Å². The van der Waals surface area contributed by atoms with E-state index < -0.39 is 0 Å². The largest absolute Gasteiger partial charge is 2.00 e. The molecule has 0 heterocycles. The van der Waals surface area contributed by atoms with Crippen molar-refractivity contribution in [2.24, 2.45) is 0 Å². The molecule has 0 saturated carbocycles. The summed E-state index contributed by atoms with van der Waals surface area (Å²) in [6.45, 7) is 7.52. The molecule has 5 heteroatoms. The molecule has 1 radical (unpaired) electrons. The molecule has 127 valence electrons. The summed E-state index contributed by atoms with van der Waals surface area (Å²) in [4.78, 5) is 11.6. The first-order valence-electron chi connectivity index (χ1n) is 7.74. The first-order chi connectivity index (χ1) is 10.6. The van der Waals surface area contributed by atoms with E-state index in [1.807, 2.05) is 24.3 Å². The molecule has 1 N–H and O–H groups in total. The van der Waals surface area contributed by atoms with Crippen LogP contribution in [0.25, 0.3) is 0 Å². The van der Waals surface area contributed by atoms with E-state index >= 15 is 0 Å². The molecule has 1 aliphatic rings. The smallest absolute Gasteiger partial charge is 0.541 e. The van der Waals surface area contributed by atoms with Crippen LogP contribution in [-0.2, 0) is 43.9 Å². The predicted octanol–water partition coefficient (Wildman–Crippen LogP) is 3.41. The maximum atomic E-state index is 10.2. The molecule has 1 aliphatic carbocycles. The minimum Gasteiger partial charge on any atom is -0.541 e. The van der Waals surface area contributed by atoms with Gasteiger partial charge in [0.05, 0.1) is 6.10 Å². The average molecular weight is 627 g/mol. The van der Waals surface area contributed by atoms with E-state index in [-0.39, 0.29) is 76.0 Å². The van der Waals surface area contributed by atoms with Gasteiger partial charge in [-0.1, -0.05) is 42.8 Å². The zero-order valence-corrected chi connectivity index (χ0v) is 21.5. The van der Waals surface area contributed by atoms with Gasteiger partial charge < -0.3 is 28.6 Å². The van der Waals surface area contributed by atoms with Gasteiger partial charge in [-0.3, -0.25) is 0 Å². The van der Waals surface area contributed by atoms with Crippen LogP contribution in [0.5, 0.6) is 0 Å². The number of carbonyl (C=O) groups excluding carboxylic acids is 1. The summed E-state index contributed by atoms with van der Waals surface area (Å²) >= 11 is 0. The van der Waals surface area contributed by atoms with E-state index in [1.54, 1.807) is 13.5 Å². The number of unbranched alkanes of at least 4 members (excludes halogenated alkanes) is 1. The Hall–Kier alpha value is 0.546. The fourth-order valence-electron chi connectivity index (χ4n) is 2.26. The van der Waals surface area contributed by atoms with Crippen LogP contribution in [0.1, 0.15) is 42.9 Å². The van der Waals surface area contributed by atoms with Crippen molar-refractivity contribution in [2.75, 3.05) is 7.05 Å². The fraction of sp³-hybridized carbons (Fsp3) is 0.421. The van der Waals surface area contributed by atoms with Crippen molar-refractivity contribution < 1.29 is 73.7 Å². The van der Waals surface area contributed by atoms with Gasteiger partial charge in [0.1, 0.15) is 0 Å². The second-order valence-electron chi connectivity index (χ2n) is 5.46. The Morgan fingerprint density at radius 1 is 1.42 bits per heavy atom. The molecule has 1 aromatic rings. The van der Waals surface area contributed by atoms with Crippen LogP contribution >= 0.6 is 0 Å². The number of fused-ring (bicyclic) bond motifs is 1. The molecule has 0 saturated heterocycles. The van der Waals surface area contributed by atoms with Crippen molar-refractivity contribution in [3.05, 3.63) is 61.4 Å².